The Hall–Kier alpha value is -3.55. The van der Waals surface area contributed by atoms with Crippen LogP contribution in [-0.4, -0.2) is 156 Å². The molecule has 1 fully saturated rings. The smallest absolute Gasteiger partial charge is 0.247 e. The van der Waals surface area contributed by atoms with Crippen LogP contribution >= 0.6 is 0 Å². The maximum atomic E-state index is 14.3. The third kappa shape index (κ3) is 13.6. The Labute approximate surface area is 331 Å². The molecule has 0 saturated carbocycles. The molecule has 0 radical (unpaired) electrons. The SMILES string of the molecule is CC[C@H](C)[C@@H]([C@@H](CC(=O)N1CCC[C@H]1[C@H](OC)[C@@H](C)C(=O)C[C@@H](Cc1ccccc1)C(=O)NCCOC)OC)N(C)C(=O)[C@@H](N=C(N(C)C)N(C)C)C(C)C. The van der Waals surface area contributed by atoms with Gasteiger partial charge in [0.1, 0.15) is 11.8 Å². The number of hydrogen-bond acceptors (Lipinski definition) is 8. The number of methoxy groups -OCH3 is 3. The normalized spacial score (nSPS) is 18.1. The summed E-state index contributed by atoms with van der Waals surface area (Å²) in [5.41, 5.74) is 0.973. The lowest BCUT2D eigenvalue weighted by Crippen LogP contribution is -2.55. The number of aliphatic imine (C=N–C) groups is 1. The summed E-state index contributed by atoms with van der Waals surface area (Å²) in [6.45, 7) is 11.2. The molecule has 0 spiro atoms. The Morgan fingerprint density at radius 3 is 2.09 bits per heavy atom. The Morgan fingerprint density at radius 2 is 1.56 bits per heavy atom. The van der Waals surface area contributed by atoms with Crippen LogP contribution in [0, 0.1) is 23.7 Å². The number of carbonyl (C=O) groups is 4. The molecule has 0 aliphatic carbocycles. The molecule has 1 saturated heterocycles. The van der Waals surface area contributed by atoms with Gasteiger partial charge in [0.05, 0.1) is 37.3 Å². The van der Waals surface area contributed by atoms with Gasteiger partial charge >= 0.3 is 0 Å². The summed E-state index contributed by atoms with van der Waals surface area (Å²) in [7, 11) is 14.2. The van der Waals surface area contributed by atoms with E-state index in [1.165, 1.54) is 0 Å². The van der Waals surface area contributed by atoms with Crippen LogP contribution in [0.1, 0.15) is 72.3 Å². The lowest BCUT2D eigenvalue weighted by molar-refractivity contribution is -0.146. The summed E-state index contributed by atoms with van der Waals surface area (Å²) in [5, 5.41) is 2.91. The number of amides is 3. The molecule has 1 aliphatic rings. The number of ketones is 1. The number of likely N-dealkylation sites (N-methyl/N-ethyl adjacent to an activating group) is 1. The van der Waals surface area contributed by atoms with Crippen LogP contribution in [0.15, 0.2) is 35.3 Å². The van der Waals surface area contributed by atoms with E-state index < -0.39 is 30.1 Å². The van der Waals surface area contributed by atoms with Gasteiger partial charge in [-0.25, -0.2) is 4.99 Å². The highest BCUT2D eigenvalue weighted by Crippen LogP contribution is 2.31. The molecule has 13 heteroatoms. The second kappa shape index (κ2) is 23.5. The van der Waals surface area contributed by atoms with Crippen molar-refractivity contribution in [3.63, 3.8) is 0 Å². The number of ether oxygens (including phenoxy) is 3. The predicted octanol–water partition coefficient (Wildman–Crippen LogP) is 3.99. The Balaban J connectivity index is 2.31. The number of rotatable bonds is 22. The van der Waals surface area contributed by atoms with Crippen molar-refractivity contribution in [1.29, 1.82) is 0 Å². The number of guanidine groups is 1. The van der Waals surface area contributed by atoms with Gasteiger partial charge in [-0.05, 0) is 36.7 Å². The van der Waals surface area contributed by atoms with Crippen LogP contribution in [0.25, 0.3) is 0 Å². The number of Topliss-reactive ketones (excluding diaryl/α,β-unsaturated/α-hetero) is 1. The summed E-state index contributed by atoms with van der Waals surface area (Å²) >= 11 is 0. The number of benzene rings is 1. The molecule has 0 unspecified atom stereocenters. The van der Waals surface area contributed by atoms with Crippen molar-refractivity contribution in [2.24, 2.45) is 28.7 Å². The van der Waals surface area contributed by atoms with Crippen LogP contribution in [0.4, 0.5) is 0 Å². The van der Waals surface area contributed by atoms with Crippen LogP contribution in [0.5, 0.6) is 0 Å². The highest BCUT2D eigenvalue weighted by atomic mass is 16.5. The van der Waals surface area contributed by atoms with Gasteiger partial charge < -0.3 is 39.1 Å². The highest BCUT2D eigenvalue weighted by molar-refractivity contribution is 5.89. The fourth-order valence-corrected chi connectivity index (χ4v) is 7.80. The molecule has 312 valence electrons. The summed E-state index contributed by atoms with van der Waals surface area (Å²) in [5.74, 6) is -0.987. The standard InChI is InChI=1S/C42H72N6O7/c1-14-29(4)38(47(10)41(52)37(28(2)3)44-42(45(6)7)46(8)9)35(54-12)27-36(50)48-23-18-21-33(48)39(55-13)30(5)34(49)26-32(40(51)43-22-24-53-11)25-31-19-16-15-17-20-31/h15-17,19-20,28-30,32-33,35,37-39H,14,18,21-27H2,1-13H3,(H,43,51)/t29-,30-,32+,33-,35+,37-,38-,39+/m0/s1. The van der Waals surface area contributed by atoms with Crippen molar-refractivity contribution in [1.82, 2.24) is 24.9 Å². The van der Waals surface area contributed by atoms with Gasteiger partial charge in [-0.1, -0.05) is 71.4 Å². The molecule has 8 atom stereocenters. The van der Waals surface area contributed by atoms with E-state index in [2.05, 4.69) is 19.2 Å². The number of nitrogens with zero attached hydrogens (tertiary/aromatic N) is 5. The lowest BCUT2D eigenvalue weighted by Gasteiger charge is -2.40. The highest BCUT2D eigenvalue weighted by Gasteiger charge is 2.43. The molecule has 0 aromatic heterocycles. The average molecular weight is 773 g/mol. The third-order valence-electron chi connectivity index (χ3n) is 11.0. The zero-order valence-corrected chi connectivity index (χ0v) is 36.0. The monoisotopic (exact) mass is 773 g/mol. The largest absolute Gasteiger partial charge is 0.383 e. The van der Waals surface area contributed by atoms with Crippen molar-refractivity contribution in [3.8, 4) is 0 Å². The summed E-state index contributed by atoms with van der Waals surface area (Å²) in [6, 6.07) is 8.34. The van der Waals surface area contributed by atoms with Crippen LogP contribution < -0.4 is 5.32 Å². The number of likely N-dealkylation sites (tertiary alicyclic amines) is 1. The van der Waals surface area contributed by atoms with Crippen molar-refractivity contribution >= 4 is 29.5 Å². The Morgan fingerprint density at radius 1 is 0.927 bits per heavy atom. The Bertz CT molecular complexity index is 1360. The summed E-state index contributed by atoms with van der Waals surface area (Å²) in [4.78, 5) is 68.0. The zero-order valence-electron chi connectivity index (χ0n) is 36.0. The van der Waals surface area contributed by atoms with E-state index in [4.69, 9.17) is 19.2 Å². The summed E-state index contributed by atoms with van der Waals surface area (Å²) in [6.07, 6.45) is 1.63. The topological polar surface area (TPSA) is 133 Å². The third-order valence-corrected chi connectivity index (χ3v) is 11.0. The molecule has 1 heterocycles. The van der Waals surface area contributed by atoms with Crippen LogP contribution in [0.2, 0.25) is 0 Å². The van der Waals surface area contributed by atoms with E-state index in [0.717, 1.165) is 18.4 Å². The molecule has 13 nitrogen and oxygen atoms in total. The molecule has 55 heavy (non-hydrogen) atoms. The van der Waals surface area contributed by atoms with Gasteiger partial charge in [0.2, 0.25) is 17.7 Å². The van der Waals surface area contributed by atoms with Crippen molar-refractivity contribution in [2.45, 2.75) is 103 Å². The fourth-order valence-electron chi connectivity index (χ4n) is 7.80. The minimum atomic E-state index is -0.627. The average Bonchev–Trinajstić information content (AvgIpc) is 3.64. The van der Waals surface area contributed by atoms with E-state index >= 15 is 0 Å². The quantitative estimate of drug-likeness (QED) is 0.106. The fraction of sp³-hybridized carbons (Fsp3) is 0.738. The predicted molar refractivity (Wildman–Crippen MR) is 218 cm³/mol. The first-order chi connectivity index (χ1) is 26.0. The number of nitrogens with one attached hydrogen (secondary N) is 1. The van der Waals surface area contributed by atoms with Gasteiger partial charge in [-0.3, -0.25) is 19.2 Å². The van der Waals surface area contributed by atoms with Crippen molar-refractivity contribution < 1.29 is 33.4 Å². The lowest BCUT2D eigenvalue weighted by atomic mass is 9.85. The van der Waals surface area contributed by atoms with E-state index in [9.17, 15) is 19.2 Å². The van der Waals surface area contributed by atoms with Crippen LogP contribution in [-0.2, 0) is 39.8 Å². The minimum absolute atomic E-state index is 0.0277. The van der Waals surface area contributed by atoms with E-state index in [1.54, 1.807) is 33.3 Å². The molecule has 1 aromatic rings. The van der Waals surface area contributed by atoms with Gasteiger partial charge in [0.15, 0.2) is 5.96 Å². The van der Waals surface area contributed by atoms with E-state index in [0.29, 0.717) is 38.5 Å². The van der Waals surface area contributed by atoms with Crippen LogP contribution in [0.3, 0.4) is 0 Å². The molecular formula is C42H72N6O7. The Kier molecular flexibility index (Phi) is 20.3. The zero-order chi connectivity index (χ0) is 41.4. The minimum Gasteiger partial charge on any atom is -0.383 e. The summed E-state index contributed by atoms with van der Waals surface area (Å²) < 4.78 is 17.2. The van der Waals surface area contributed by atoms with E-state index in [-0.39, 0.29) is 60.3 Å². The molecule has 0 bridgehead atoms. The van der Waals surface area contributed by atoms with Crippen molar-refractivity contribution in [3.05, 3.63) is 35.9 Å². The van der Waals surface area contributed by atoms with Gasteiger partial charge in [0.25, 0.3) is 0 Å². The maximum Gasteiger partial charge on any atom is 0.247 e. The number of carbonyl (C=O) groups excluding carboxylic acids is 4. The molecule has 1 aromatic carbocycles. The first-order valence-corrected chi connectivity index (χ1v) is 19.9. The van der Waals surface area contributed by atoms with Gasteiger partial charge in [-0.2, -0.15) is 0 Å². The van der Waals surface area contributed by atoms with Gasteiger partial charge in [-0.15, -0.1) is 0 Å². The molecule has 1 N–H and O–H groups in total. The maximum absolute atomic E-state index is 14.3. The first-order valence-electron chi connectivity index (χ1n) is 19.9. The molecular weight excluding hydrogens is 700 g/mol. The molecule has 2 rings (SSSR count). The van der Waals surface area contributed by atoms with Gasteiger partial charge in [0, 0.05) is 87.9 Å². The first kappa shape index (κ1) is 47.6. The molecule has 3 amide bonds. The second-order valence-corrected chi connectivity index (χ2v) is 15.8. The number of hydrogen-bond donors (Lipinski definition) is 1. The molecule has 1 aliphatic heterocycles. The second-order valence-electron chi connectivity index (χ2n) is 15.8. The van der Waals surface area contributed by atoms with E-state index in [1.807, 2.05) is 94.0 Å². The van der Waals surface area contributed by atoms with Crippen molar-refractivity contribution in [2.75, 3.05) is 76.3 Å².